The molecule has 0 unspecified atom stereocenters. The van der Waals surface area contributed by atoms with Gasteiger partial charge < -0.3 is 24.3 Å². The van der Waals surface area contributed by atoms with Gasteiger partial charge in [0.15, 0.2) is 5.11 Å². The van der Waals surface area contributed by atoms with E-state index < -0.39 is 0 Å². The highest BCUT2D eigenvalue weighted by atomic mass is 32.1. The number of hydrogen-bond acceptors (Lipinski definition) is 5. The molecule has 1 fully saturated rings. The van der Waals surface area contributed by atoms with E-state index in [-0.39, 0.29) is 24.6 Å². The molecule has 1 aliphatic rings. The fraction of sp³-hybridized carbons (Fsp3) is 0.292. The molecule has 0 bridgehead atoms. The lowest BCUT2D eigenvalue weighted by atomic mass is 10.0. The van der Waals surface area contributed by atoms with Gasteiger partial charge in [0.05, 0.1) is 31.5 Å². The molecule has 3 aromatic rings. The summed E-state index contributed by atoms with van der Waals surface area (Å²) >= 11 is 5.65. The topological polar surface area (TPSA) is 68.6 Å². The molecule has 1 N–H and O–H groups in total. The zero-order chi connectivity index (χ0) is 22.7. The molecule has 166 valence electrons. The number of esters is 1. The molecule has 0 spiro atoms. The molecule has 2 aromatic heterocycles. The summed E-state index contributed by atoms with van der Waals surface area (Å²) in [6.07, 6.45) is 1.76. The highest BCUT2D eigenvalue weighted by Crippen LogP contribution is 2.40. The summed E-state index contributed by atoms with van der Waals surface area (Å²) in [4.78, 5) is 18.9. The third-order valence-corrected chi connectivity index (χ3v) is 5.89. The molecule has 1 aromatic carbocycles. The van der Waals surface area contributed by atoms with Gasteiger partial charge in [-0.25, -0.2) is 0 Å². The number of aromatic nitrogens is 2. The summed E-state index contributed by atoms with van der Waals surface area (Å²) in [5.41, 5.74) is 3.92. The Morgan fingerprint density at radius 3 is 2.59 bits per heavy atom. The van der Waals surface area contributed by atoms with Crippen LogP contribution in [0.4, 0.5) is 0 Å². The van der Waals surface area contributed by atoms with Gasteiger partial charge in [-0.1, -0.05) is 6.07 Å². The number of ether oxygens (including phenoxy) is 2. The minimum absolute atomic E-state index is 0.0561. The molecule has 0 aliphatic carbocycles. The van der Waals surface area contributed by atoms with E-state index in [4.69, 9.17) is 21.7 Å². The summed E-state index contributed by atoms with van der Waals surface area (Å²) in [5.74, 6) is 0.474. The Kier molecular flexibility index (Phi) is 6.41. The highest BCUT2D eigenvalue weighted by molar-refractivity contribution is 7.80. The maximum absolute atomic E-state index is 12.4. The fourth-order valence-electron chi connectivity index (χ4n) is 4.12. The first-order valence-electron chi connectivity index (χ1n) is 10.5. The minimum Gasteiger partial charge on any atom is -0.497 e. The quantitative estimate of drug-likeness (QED) is 0.435. The van der Waals surface area contributed by atoms with Crippen molar-refractivity contribution in [3.05, 3.63) is 77.9 Å². The van der Waals surface area contributed by atoms with Gasteiger partial charge in [-0.2, -0.15) is 0 Å². The van der Waals surface area contributed by atoms with Crippen molar-refractivity contribution in [1.29, 1.82) is 0 Å². The van der Waals surface area contributed by atoms with Gasteiger partial charge in [-0.3, -0.25) is 9.78 Å². The number of carbonyl (C=O) groups is 1. The number of nitrogens with one attached hydrogen (secondary N) is 1. The number of carbonyl (C=O) groups excluding carboxylic acids is 1. The van der Waals surface area contributed by atoms with Crippen LogP contribution < -0.4 is 10.1 Å². The van der Waals surface area contributed by atoms with Crippen LogP contribution in [0, 0.1) is 6.92 Å². The molecular formula is C24H26N4O3S. The second-order valence-electron chi connectivity index (χ2n) is 7.49. The SMILES string of the molecule is CCOC(=O)CN1C(=S)N[C@H](c2ccccn2)[C@@H]1c1ccc(C)n1-c1ccc(OC)cc1. The van der Waals surface area contributed by atoms with E-state index in [1.165, 1.54) is 0 Å². The first kappa shape index (κ1) is 21.8. The monoisotopic (exact) mass is 450 g/mol. The highest BCUT2D eigenvalue weighted by Gasteiger charge is 2.42. The van der Waals surface area contributed by atoms with Crippen LogP contribution >= 0.6 is 12.2 Å². The van der Waals surface area contributed by atoms with Gasteiger partial charge in [0.1, 0.15) is 12.3 Å². The average Bonchev–Trinajstić information content (AvgIpc) is 3.34. The predicted octanol–water partition coefficient (Wildman–Crippen LogP) is 3.72. The first-order valence-corrected chi connectivity index (χ1v) is 10.9. The number of thiocarbonyl (C=S) groups is 1. The van der Waals surface area contributed by atoms with Crippen molar-refractivity contribution in [2.75, 3.05) is 20.3 Å². The van der Waals surface area contributed by atoms with Crippen LogP contribution in [-0.2, 0) is 9.53 Å². The van der Waals surface area contributed by atoms with Crippen LogP contribution in [0.2, 0.25) is 0 Å². The second kappa shape index (κ2) is 9.40. The van der Waals surface area contributed by atoms with E-state index in [0.29, 0.717) is 11.7 Å². The summed E-state index contributed by atoms with van der Waals surface area (Å²) < 4.78 is 12.7. The minimum atomic E-state index is -0.317. The molecule has 8 heteroatoms. The maximum atomic E-state index is 12.4. The largest absolute Gasteiger partial charge is 0.497 e. The predicted molar refractivity (Wildman–Crippen MR) is 126 cm³/mol. The number of benzene rings is 1. The van der Waals surface area contributed by atoms with E-state index >= 15 is 0 Å². The second-order valence-corrected chi connectivity index (χ2v) is 7.88. The van der Waals surface area contributed by atoms with E-state index in [1.807, 2.05) is 47.4 Å². The summed E-state index contributed by atoms with van der Waals surface area (Å²) in [6.45, 7) is 4.23. The van der Waals surface area contributed by atoms with E-state index in [9.17, 15) is 4.79 Å². The molecule has 7 nitrogen and oxygen atoms in total. The Morgan fingerprint density at radius 1 is 1.16 bits per heavy atom. The van der Waals surface area contributed by atoms with Crippen LogP contribution in [0.1, 0.15) is 36.1 Å². The van der Waals surface area contributed by atoms with Crippen molar-refractivity contribution in [1.82, 2.24) is 19.8 Å². The van der Waals surface area contributed by atoms with Crippen LogP contribution in [0.3, 0.4) is 0 Å². The maximum Gasteiger partial charge on any atom is 0.325 e. The standard InChI is InChI=1S/C24H26N4O3S/c1-4-31-21(29)15-27-23(22(26-24(27)32)19-7-5-6-14-25-19)20-13-8-16(2)28(20)17-9-11-18(30-3)12-10-17/h5-14,22-23H,4,15H2,1-3H3,(H,26,32)/t22-,23+/m1/s1. The van der Waals surface area contributed by atoms with Crippen molar-refractivity contribution in [2.24, 2.45) is 0 Å². The third kappa shape index (κ3) is 4.18. The normalized spacial score (nSPS) is 17.8. The van der Waals surface area contributed by atoms with E-state index in [1.54, 1.807) is 20.2 Å². The Bertz CT molecular complexity index is 1100. The number of nitrogens with zero attached hydrogens (tertiary/aromatic N) is 3. The molecule has 2 atom stereocenters. The molecule has 32 heavy (non-hydrogen) atoms. The molecule has 1 aliphatic heterocycles. The van der Waals surface area contributed by atoms with Crippen LogP contribution in [0.5, 0.6) is 5.75 Å². The molecule has 0 radical (unpaired) electrons. The number of rotatable bonds is 7. The Hall–Kier alpha value is -3.39. The summed E-state index contributed by atoms with van der Waals surface area (Å²) in [5, 5.41) is 3.88. The zero-order valence-corrected chi connectivity index (χ0v) is 19.1. The zero-order valence-electron chi connectivity index (χ0n) is 18.3. The van der Waals surface area contributed by atoms with Gasteiger partial charge in [-0.05, 0) is 74.6 Å². The van der Waals surface area contributed by atoms with Crippen LogP contribution in [0.15, 0.2) is 60.8 Å². The van der Waals surface area contributed by atoms with Crippen LogP contribution in [0.25, 0.3) is 5.69 Å². The number of pyridine rings is 1. The van der Waals surface area contributed by atoms with Crippen molar-refractivity contribution >= 4 is 23.3 Å². The lowest BCUT2D eigenvalue weighted by Gasteiger charge is -2.28. The third-order valence-electron chi connectivity index (χ3n) is 5.54. The average molecular weight is 451 g/mol. The van der Waals surface area contributed by atoms with E-state index in [0.717, 1.165) is 28.5 Å². The molecule has 4 rings (SSSR count). The number of methoxy groups -OCH3 is 1. The number of hydrogen-bond donors (Lipinski definition) is 1. The number of aryl methyl sites for hydroxylation is 1. The Labute approximate surface area is 193 Å². The van der Waals surface area contributed by atoms with Gasteiger partial charge in [0.2, 0.25) is 0 Å². The fourth-order valence-corrected chi connectivity index (χ4v) is 4.42. The van der Waals surface area contributed by atoms with E-state index in [2.05, 4.69) is 33.9 Å². The van der Waals surface area contributed by atoms with Crippen LogP contribution in [-0.4, -0.2) is 45.8 Å². The van der Waals surface area contributed by atoms with Crippen molar-refractivity contribution in [3.8, 4) is 11.4 Å². The molecule has 1 saturated heterocycles. The summed E-state index contributed by atoms with van der Waals surface area (Å²) in [6, 6.07) is 17.4. The molecule has 0 saturated carbocycles. The van der Waals surface area contributed by atoms with Crippen molar-refractivity contribution in [2.45, 2.75) is 25.9 Å². The van der Waals surface area contributed by atoms with Gasteiger partial charge in [0, 0.05) is 23.3 Å². The summed E-state index contributed by atoms with van der Waals surface area (Å²) in [7, 11) is 1.65. The van der Waals surface area contributed by atoms with Crippen molar-refractivity contribution in [3.63, 3.8) is 0 Å². The Morgan fingerprint density at radius 2 is 1.94 bits per heavy atom. The van der Waals surface area contributed by atoms with Gasteiger partial charge in [-0.15, -0.1) is 0 Å². The molecule has 0 amide bonds. The first-order chi connectivity index (χ1) is 15.5. The Balaban J connectivity index is 1.80. The lowest BCUT2D eigenvalue weighted by Crippen LogP contribution is -2.36. The van der Waals surface area contributed by atoms with Gasteiger partial charge in [0.25, 0.3) is 0 Å². The molecule has 3 heterocycles. The smallest absolute Gasteiger partial charge is 0.325 e. The van der Waals surface area contributed by atoms with Crippen molar-refractivity contribution < 1.29 is 14.3 Å². The van der Waals surface area contributed by atoms with Gasteiger partial charge >= 0.3 is 5.97 Å². The molecular weight excluding hydrogens is 424 g/mol. The lowest BCUT2D eigenvalue weighted by molar-refractivity contribution is -0.143.